The Bertz CT molecular complexity index is 1300. The highest BCUT2D eigenvalue weighted by Gasteiger charge is 2.44. The maximum Gasteiger partial charge on any atom is 0.319 e. The zero-order valence-electron chi connectivity index (χ0n) is 21.3. The number of nitriles is 1. The molecular formula is C27H31N7O4. The Balaban J connectivity index is 1.34. The molecule has 1 aromatic carbocycles. The molecule has 1 aromatic heterocycles. The lowest BCUT2D eigenvalue weighted by Crippen LogP contribution is -2.52. The number of urea groups is 1. The van der Waals surface area contributed by atoms with Crippen molar-refractivity contribution < 1.29 is 19.1 Å². The Morgan fingerprint density at radius 1 is 1.18 bits per heavy atom. The second-order valence-corrected chi connectivity index (χ2v) is 10.1. The fourth-order valence-corrected chi connectivity index (χ4v) is 5.34. The number of Topliss-reactive ketones (excluding diaryl/α,β-unsaturated/α-hetero) is 1. The fourth-order valence-electron chi connectivity index (χ4n) is 5.34. The highest BCUT2D eigenvalue weighted by Crippen LogP contribution is 2.40. The lowest BCUT2D eigenvalue weighted by molar-refractivity contribution is -0.00569. The molecule has 5 rings (SSSR count). The van der Waals surface area contributed by atoms with Crippen LogP contribution in [-0.2, 0) is 0 Å². The summed E-state index contributed by atoms with van der Waals surface area (Å²) in [6, 6.07) is 8.39. The monoisotopic (exact) mass is 517 g/mol. The summed E-state index contributed by atoms with van der Waals surface area (Å²) in [7, 11) is 1.50. The molecule has 11 nitrogen and oxygen atoms in total. The molecule has 3 amide bonds. The van der Waals surface area contributed by atoms with Crippen LogP contribution < -0.4 is 26.0 Å². The number of pyridine rings is 1. The highest BCUT2D eigenvalue weighted by atomic mass is 16.5. The summed E-state index contributed by atoms with van der Waals surface area (Å²) < 4.78 is 6.30. The van der Waals surface area contributed by atoms with Crippen LogP contribution in [0.1, 0.15) is 58.4 Å². The van der Waals surface area contributed by atoms with Gasteiger partial charge < -0.3 is 30.9 Å². The molecule has 1 spiro atoms. The predicted molar refractivity (Wildman–Crippen MR) is 140 cm³/mol. The summed E-state index contributed by atoms with van der Waals surface area (Å²) in [5.41, 5.74) is 6.90. The third-order valence-corrected chi connectivity index (χ3v) is 7.64. The molecular weight excluding hydrogens is 486 g/mol. The van der Waals surface area contributed by atoms with E-state index in [0.717, 1.165) is 25.9 Å². The van der Waals surface area contributed by atoms with E-state index >= 15 is 0 Å². The quantitative estimate of drug-likeness (QED) is 0.560. The minimum atomic E-state index is -0.686. The summed E-state index contributed by atoms with van der Waals surface area (Å²) in [6.45, 7) is 2.29. The summed E-state index contributed by atoms with van der Waals surface area (Å²) in [4.78, 5) is 47.0. The zero-order chi connectivity index (χ0) is 26.9. The number of ether oxygens (including phenoxy) is 1. The summed E-state index contributed by atoms with van der Waals surface area (Å²) in [6.07, 6.45) is 4.40. The van der Waals surface area contributed by atoms with Crippen LogP contribution >= 0.6 is 0 Å². The molecule has 0 aliphatic carbocycles. The minimum Gasteiger partial charge on any atom is -0.486 e. The Morgan fingerprint density at radius 3 is 2.61 bits per heavy atom. The standard InChI is InChI=1S/C27H31N7O4/c1-30-26(37)32-21-16-31-24(33-8-4-18(29)5-9-33)13-19(21)25(36)34-10-6-27(7-11-34)14-22(35)20-12-17(15-28)2-3-23(20)38-27/h2-3,12-13,16,18H,4-11,14,29H2,1H3,(H2,30,32,37). The van der Waals surface area contributed by atoms with E-state index in [1.54, 1.807) is 29.2 Å². The van der Waals surface area contributed by atoms with Gasteiger partial charge in [-0.2, -0.15) is 5.26 Å². The van der Waals surface area contributed by atoms with Crippen molar-refractivity contribution in [1.29, 1.82) is 5.26 Å². The lowest BCUT2D eigenvalue weighted by Gasteiger charge is -2.44. The number of carbonyl (C=O) groups excluding carboxylic acids is 3. The van der Waals surface area contributed by atoms with E-state index in [-0.39, 0.29) is 24.2 Å². The fraction of sp³-hybridized carbons (Fsp3) is 0.444. The van der Waals surface area contributed by atoms with Gasteiger partial charge in [-0.15, -0.1) is 0 Å². The second kappa shape index (κ2) is 10.3. The number of hydrogen-bond donors (Lipinski definition) is 3. The molecule has 0 radical (unpaired) electrons. The van der Waals surface area contributed by atoms with Gasteiger partial charge in [0.25, 0.3) is 5.91 Å². The molecule has 38 heavy (non-hydrogen) atoms. The van der Waals surface area contributed by atoms with Gasteiger partial charge in [-0.25, -0.2) is 9.78 Å². The molecule has 4 N–H and O–H groups in total. The number of fused-ring (bicyclic) bond motifs is 1. The van der Waals surface area contributed by atoms with Gasteiger partial charge in [0.15, 0.2) is 5.78 Å². The molecule has 0 saturated carbocycles. The first-order valence-electron chi connectivity index (χ1n) is 12.9. The Morgan fingerprint density at radius 2 is 1.92 bits per heavy atom. The first kappa shape index (κ1) is 25.5. The van der Waals surface area contributed by atoms with Gasteiger partial charge >= 0.3 is 6.03 Å². The van der Waals surface area contributed by atoms with Gasteiger partial charge in [0, 0.05) is 52.1 Å². The van der Waals surface area contributed by atoms with E-state index in [4.69, 9.17) is 15.7 Å². The van der Waals surface area contributed by atoms with Gasteiger partial charge in [0.2, 0.25) is 0 Å². The lowest BCUT2D eigenvalue weighted by atomic mass is 9.82. The number of nitrogens with two attached hydrogens (primary N) is 1. The number of piperidine rings is 2. The molecule has 4 heterocycles. The molecule has 0 atom stereocenters. The van der Waals surface area contributed by atoms with Crippen LogP contribution in [0.4, 0.5) is 16.3 Å². The first-order valence-corrected chi connectivity index (χ1v) is 12.9. The minimum absolute atomic E-state index is 0.0554. The van der Waals surface area contributed by atoms with Gasteiger partial charge in [0.05, 0.1) is 41.1 Å². The van der Waals surface area contributed by atoms with Crippen molar-refractivity contribution in [1.82, 2.24) is 15.2 Å². The van der Waals surface area contributed by atoms with Crippen LogP contribution in [0.25, 0.3) is 0 Å². The molecule has 2 fully saturated rings. The summed E-state index contributed by atoms with van der Waals surface area (Å²) in [5.74, 6) is 0.882. The second-order valence-electron chi connectivity index (χ2n) is 10.1. The third kappa shape index (κ3) is 4.99. The SMILES string of the molecule is CNC(=O)Nc1cnc(N2CCC(N)CC2)cc1C(=O)N1CCC2(CC1)CC(=O)c1cc(C#N)ccc1O2. The maximum absolute atomic E-state index is 13.7. The van der Waals surface area contributed by atoms with Gasteiger partial charge in [-0.05, 0) is 37.1 Å². The highest BCUT2D eigenvalue weighted by molar-refractivity contribution is 6.04. The van der Waals surface area contributed by atoms with Crippen molar-refractivity contribution in [2.24, 2.45) is 5.73 Å². The molecule has 3 aliphatic rings. The number of carbonyl (C=O) groups is 3. The van der Waals surface area contributed by atoms with Gasteiger partial charge in [-0.1, -0.05) is 0 Å². The average molecular weight is 518 g/mol. The molecule has 2 saturated heterocycles. The predicted octanol–water partition coefficient (Wildman–Crippen LogP) is 2.27. The van der Waals surface area contributed by atoms with E-state index in [1.807, 2.05) is 0 Å². The van der Waals surface area contributed by atoms with Crippen LogP contribution in [0.5, 0.6) is 5.75 Å². The Kier molecular flexibility index (Phi) is 6.91. The normalized spacial score (nSPS) is 18.8. The zero-order valence-corrected chi connectivity index (χ0v) is 21.3. The van der Waals surface area contributed by atoms with Gasteiger partial charge in [-0.3, -0.25) is 9.59 Å². The van der Waals surface area contributed by atoms with E-state index in [0.29, 0.717) is 59.9 Å². The van der Waals surface area contributed by atoms with Crippen molar-refractivity contribution in [3.8, 4) is 11.8 Å². The Labute approximate surface area is 220 Å². The van der Waals surface area contributed by atoms with Crippen molar-refractivity contribution in [3.05, 3.63) is 47.2 Å². The van der Waals surface area contributed by atoms with E-state index in [2.05, 4.69) is 26.6 Å². The van der Waals surface area contributed by atoms with Crippen LogP contribution in [0.15, 0.2) is 30.5 Å². The topological polar surface area (TPSA) is 154 Å². The van der Waals surface area contributed by atoms with Gasteiger partial charge in [0.1, 0.15) is 17.2 Å². The third-order valence-electron chi connectivity index (χ3n) is 7.64. The maximum atomic E-state index is 13.7. The molecule has 198 valence electrons. The number of anilines is 2. The summed E-state index contributed by atoms with van der Waals surface area (Å²) in [5, 5.41) is 14.4. The van der Waals surface area contributed by atoms with Crippen LogP contribution in [0.3, 0.4) is 0 Å². The molecule has 0 unspecified atom stereocenters. The van der Waals surface area contributed by atoms with Crippen LogP contribution in [0.2, 0.25) is 0 Å². The number of amides is 3. The van der Waals surface area contributed by atoms with E-state index in [9.17, 15) is 14.4 Å². The number of aromatic nitrogens is 1. The number of rotatable bonds is 3. The number of ketones is 1. The van der Waals surface area contributed by atoms with Crippen LogP contribution in [-0.4, -0.2) is 72.5 Å². The number of hydrogen-bond acceptors (Lipinski definition) is 8. The molecule has 3 aliphatic heterocycles. The molecule has 2 aromatic rings. The van der Waals surface area contributed by atoms with Crippen LogP contribution in [0, 0.1) is 11.3 Å². The smallest absolute Gasteiger partial charge is 0.319 e. The number of nitrogens with zero attached hydrogens (tertiary/aromatic N) is 4. The first-order chi connectivity index (χ1) is 18.3. The van der Waals surface area contributed by atoms with Crippen molar-refractivity contribution in [2.75, 3.05) is 43.4 Å². The largest absolute Gasteiger partial charge is 0.486 e. The number of likely N-dealkylation sites (tertiary alicyclic amines) is 1. The molecule has 0 bridgehead atoms. The van der Waals surface area contributed by atoms with Crippen molar-refractivity contribution in [3.63, 3.8) is 0 Å². The van der Waals surface area contributed by atoms with E-state index in [1.165, 1.54) is 13.2 Å². The van der Waals surface area contributed by atoms with E-state index < -0.39 is 11.6 Å². The molecule has 11 heteroatoms. The number of nitrogens with one attached hydrogen (secondary N) is 2. The summed E-state index contributed by atoms with van der Waals surface area (Å²) >= 11 is 0. The van der Waals surface area contributed by atoms with Crippen molar-refractivity contribution in [2.45, 2.75) is 43.7 Å². The number of benzene rings is 1. The van der Waals surface area contributed by atoms with Crippen molar-refractivity contribution >= 4 is 29.2 Å². The average Bonchev–Trinajstić information content (AvgIpc) is 2.93. The Hall–Kier alpha value is -4.17.